The predicted molar refractivity (Wildman–Crippen MR) is 128 cm³/mol. The molecule has 1 aromatic heterocycles. The topological polar surface area (TPSA) is 104 Å². The maximum atomic E-state index is 13.3. The van der Waals surface area contributed by atoms with E-state index in [1.54, 1.807) is 30.5 Å². The van der Waals surface area contributed by atoms with Gasteiger partial charge in [-0.3, -0.25) is 14.6 Å². The fourth-order valence-electron chi connectivity index (χ4n) is 3.94. The number of carbonyl (C=O) groups excluding carboxylic acids is 2. The molecule has 1 aliphatic heterocycles. The van der Waals surface area contributed by atoms with Crippen molar-refractivity contribution in [1.82, 2.24) is 15.2 Å². The number of pyridine rings is 1. The predicted octanol–water partition coefficient (Wildman–Crippen LogP) is 2.82. The molecule has 0 unspecified atom stereocenters. The van der Waals surface area contributed by atoms with Gasteiger partial charge in [0.2, 0.25) is 5.91 Å². The van der Waals surface area contributed by atoms with Gasteiger partial charge in [-0.05, 0) is 29.8 Å². The third-order valence-electron chi connectivity index (χ3n) is 5.69. The second kappa shape index (κ2) is 10.7. The molecule has 34 heavy (non-hydrogen) atoms. The molecule has 0 spiro atoms. The number of benzene rings is 2. The number of rotatable bonds is 7. The minimum atomic E-state index is -0.845. The first-order valence-electron chi connectivity index (χ1n) is 11.0. The number of aliphatic hydroxyl groups excluding tert-OH is 1. The van der Waals surface area contributed by atoms with Crippen molar-refractivity contribution in [2.24, 2.45) is 5.16 Å². The summed E-state index contributed by atoms with van der Waals surface area (Å²) in [4.78, 5) is 37.0. The van der Waals surface area contributed by atoms with Gasteiger partial charge in [-0.2, -0.15) is 0 Å². The summed E-state index contributed by atoms with van der Waals surface area (Å²) < 4.78 is 0. The third kappa shape index (κ3) is 5.29. The van der Waals surface area contributed by atoms with Gasteiger partial charge in [0.1, 0.15) is 13.2 Å². The van der Waals surface area contributed by atoms with Crippen LogP contribution in [-0.2, 0) is 9.63 Å². The normalized spacial score (nSPS) is 17.4. The number of likely N-dealkylation sites (tertiary alicyclic amines) is 1. The molecule has 1 aliphatic rings. The van der Waals surface area contributed by atoms with Crippen molar-refractivity contribution in [3.63, 3.8) is 0 Å². The van der Waals surface area contributed by atoms with Gasteiger partial charge in [-0.25, -0.2) is 0 Å². The zero-order valence-corrected chi connectivity index (χ0v) is 18.8. The van der Waals surface area contributed by atoms with E-state index in [4.69, 9.17) is 4.84 Å². The van der Waals surface area contributed by atoms with Gasteiger partial charge >= 0.3 is 0 Å². The molecule has 0 aliphatic carbocycles. The average molecular weight is 459 g/mol. The van der Waals surface area contributed by atoms with Gasteiger partial charge in [-0.15, -0.1) is 0 Å². The largest absolute Gasteiger partial charge is 0.399 e. The van der Waals surface area contributed by atoms with Crippen molar-refractivity contribution >= 4 is 17.5 Å². The van der Waals surface area contributed by atoms with Crippen molar-refractivity contribution in [1.29, 1.82) is 0 Å². The molecule has 8 heteroatoms. The Hall–Kier alpha value is -4.04. The maximum absolute atomic E-state index is 13.3. The first-order valence-corrected chi connectivity index (χ1v) is 11.0. The second-order valence-corrected chi connectivity index (χ2v) is 7.96. The summed E-state index contributed by atoms with van der Waals surface area (Å²) in [6, 6.07) is 21.1. The summed E-state index contributed by atoms with van der Waals surface area (Å²) in [7, 11) is 1.43. The number of hydrogen-bond acceptors (Lipinski definition) is 6. The SMILES string of the molecule is CO/N=C1\C[C@@H](C(=O)NC[C@H](O)c2ccccc2)N(C(=O)c2ccc(-c3ccccn3)cc2)C1. The van der Waals surface area contributed by atoms with E-state index >= 15 is 0 Å². The van der Waals surface area contributed by atoms with Gasteiger partial charge in [0.15, 0.2) is 0 Å². The first-order chi connectivity index (χ1) is 16.6. The zero-order valence-electron chi connectivity index (χ0n) is 18.8. The van der Waals surface area contributed by atoms with Crippen LogP contribution in [0.4, 0.5) is 0 Å². The van der Waals surface area contributed by atoms with E-state index < -0.39 is 12.1 Å². The van der Waals surface area contributed by atoms with Gasteiger partial charge in [-0.1, -0.05) is 53.7 Å². The number of amides is 2. The number of nitrogens with zero attached hydrogens (tertiary/aromatic N) is 3. The van der Waals surface area contributed by atoms with E-state index in [0.29, 0.717) is 16.8 Å². The van der Waals surface area contributed by atoms with Crippen LogP contribution < -0.4 is 5.32 Å². The molecule has 1 fully saturated rings. The molecule has 174 valence electrons. The molecule has 2 aromatic carbocycles. The van der Waals surface area contributed by atoms with E-state index in [-0.39, 0.29) is 31.3 Å². The first kappa shape index (κ1) is 23.1. The van der Waals surface area contributed by atoms with Gasteiger partial charge < -0.3 is 20.2 Å². The third-order valence-corrected chi connectivity index (χ3v) is 5.69. The minimum absolute atomic E-state index is 0.0386. The summed E-state index contributed by atoms with van der Waals surface area (Å²) in [6.45, 7) is 0.227. The lowest BCUT2D eigenvalue weighted by molar-refractivity contribution is -0.125. The Morgan fingerprint density at radius 1 is 1.12 bits per heavy atom. The second-order valence-electron chi connectivity index (χ2n) is 7.96. The molecule has 8 nitrogen and oxygen atoms in total. The van der Waals surface area contributed by atoms with Crippen LogP contribution in [0.25, 0.3) is 11.3 Å². The number of aromatic nitrogens is 1. The van der Waals surface area contributed by atoms with E-state index in [0.717, 1.165) is 11.3 Å². The zero-order chi connectivity index (χ0) is 23.9. The van der Waals surface area contributed by atoms with Crippen molar-refractivity contribution in [3.05, 3.63) is 90.1 Å². The fraction of sp³-hybridized carbons (Fsp3) is 0.231. The van der Waals surface area contributed by atoms with Crippen LogP contribution in [0.2, 0.25) is 0 Å². The summed E-state index contributed by atoms with van der Waals surface area (Å²) >= 11 is 0. The fourth-order valence-corrected chi connectivity index (χ4v) is 3.94. The molecular weight excluding hydrogens is 432 g/mol. The van der Waals surface area contributed by atoms with Crippen LogP contribution in [-0.4, -0.2) is 58.8 Å². The van der Waals surface area contributed by atoms with Crippen LogP contribution in [0, 0.1) is 0 Å². The quantitative estimate of drug-likeness (QED) is 0.530. The lowest BCUT2D eigenvalue weighted by Gasteiger charge is -2.24. The van der Waals surface area contributed by atoms with Crippen LogP contribution in [0.1, 0.15) is 28.4 Å². The molecule has 0 radical (unpaired) electrons. The standard InChI is InChI=1S/C26H26N4O4/c1-34-29-21-15-23(25(32)28-16-24(31)19-7-3-2-4-8-19)30(17-21)26(33)20-12-10-18(11-13-20)22-9-5-6-14-27-22/h2-14,23-24,31H,15-17H2,1H3,(H,28,32)/b29-21+/t23-,24-/m0/s1. The van der Waals surface area contributed by atoms with Gasteiger partial charge in [0.25, 0.3) is 5.91 Å². The highest BCUT2D eigenvalue weighted by atomic mass is 16.6. The average Bonchev–Trinajstić information content (AvgIpc) is 3.32. The summed E-state index contributed by atoms with van der Waals surface area (Å²) in [5.74, 6) is -0.632. The molecule has 4 rings (SSSR count). The molecule has 0 bridgehead atoms. The van der Waals surface area contributed by atoms with Crippen LogP contribution >= 0.6 is 0 Å². The van der Waals surface area contributed by atoms with E-state index in [9.17, 15) is 14.7 Å². The Morgan fingerprint density at radius 2 is 1.85 bits per heavy atom. The molecule has 1 saturated heterocycles. The monoisotopic (exact) mass is 458 g/mol. The Labute approximate surface area is 197 Å². The van der Waals surface area contributed by atoms with E-state index in [2.05, 4.69) is 15.5 Å². The Bertz CT molecular complexity index is 1150. The molecule has 2 heterocycles. The molecular formula is C26H26N4O4. The summed E-state index contributed by atoms with van der Waals surface area (Å²) in [5.41, 5.74) is 3.47. The highest BCUT2D eigenvalue weighted by molar-refractivity contribution is 6.05. The molecule has 2 N–H and O–H groups in total. The van der Waals surface area contributed by atoms with E-state index in [1.165, 1.54) is 12.0 Å². The Balaban J connectivity index is 1.47. The lowest BCUT2D eigenvalue weighted by Crippen LogP contribution is -2.46. The highest BCUT2D eigenvalue weighted by Gasteiger charge is 2.38. The van der Waals surface area contributed by atoms with Crippen molar-refractivity contribution in [3.8, 4) is 11.3 Å². The van der Waals surface area contributed by atoms with E-state index in [1.807, 2.05) is 48.5 Å². The highest BCUT2D eigenvalue weighted by Crippen LogP contribution is 2.22. The maximum Gasteiger partial charge on any atom is 0.254 e. The number of aliphatic hydroxyl groups is 1. The smallest absolute Gasteiger partial charge is 0.254 e. The minimum Gasteiger partial charge on any atom is -0.399 e. The van der Waals surface area contributed by atoms with Gasteiger partial charge in [0.05, 0.1) is 24.1 Å². The number of nitrogens with one attached hydrogen (secondary N) is 1. The Morgan fingerprint density at radius 3 is 2.53 bits per heavy atom. The van der Waals surface area contributed by atoms with Gasteiger partial charge in [0, 0.05) is 30.3 Å². The Kier molecular flexibility index (Phi) is 7.29. The number of oxime groups is 1. The number of carbonyl (C=O) groups is 2. The van der Waals surface area contributed by atoms with Crippen LogP contribution in [0.3, 0.4) is 0 Å². The summed E-state index contributed by atoms with van der Waals surface area (Å²) in [6.07, 6.45) is 1.13. The molecule has 2 amide bonds. The molecule has 2 atom stereocenters. The van der Waals surface area contributed by atoms with Crippen LogP contribution in [0.15, 0.2) is 84.1 Å². The molecule has 3 aromatic rings. The molecule has 0 saturated carbocycles. The van der Waals surface area contributed by atoms with Crippen molar-refractivity contribution < 1.29 is 19.5 Å². The summed E-state index contributed by atoms with van der Waals surface area (Å²) in [5, 5.41) is 17.1. The van der Waals surface area contributed by atoms with Crippen molar-refractivity contribution in [2.45, 2.75) is 18.6 Å². The van der Waals surface area contributed by atoms with Crippen LogP contribution in [0.5, 0.6) is 0 Å². The van der Waals surface area contributed by atoms with Crippen molar-refractivity contribution in [2.75, 3.05) is 20.2 Å². The lowest BCUT2D eigenvalue weighted by atomic mass is 10.1. The number of hydrogen-bond donors (Lipinski definition) is 2.